The van der Waals surface area contributed by atoms with Crippen molar-refractivity contribution in [3.05, 3.63) is 0 Å². The maximum Gasteiger partial charge on any atom is 0.225 e. The van der Waals surface area contributed by atoms with Crippen molar-refractivity contribution >= 4 is 5.91 Å². The van der Waals surface area contributed by atoms with Crippen molar-refractivity contribution in [1.82, 2.24) is 10.2 Å². The molecule has 0 aromatic carbocycles. The number of carbonyl (C=O) groups is 1. The molecule has 1 aliphatic heterocycles. The normalized spacial score (nSPS) is 28.7. The van der Waals surface area contributed by atoms with Crippen LogP contribution in [0.3, 0.4) is 0 Å². The molecule has 3 heteroatoms. The van der Waals surface area contributed by atoms with Gasteiger partial charge in [-0.05, 0) is 56.4 Å². The van der Waals surface area contributed by atoms with Crippen LogP contribution in [0.1, 0.15) is 66.2 Å². The minimum Gasteiger partial charge on any atom is -0.342 e. The van der Waals surface area contributed by atoms with E-state index in [0.717, 1.165) is 51.2 Å². The highest BCUT2D eigenvalue weighted by Crippen LogP contribution is 2.40. The van der Waals surface area contributed by atoms with Crippen molar-refractivity contribution in [3.63, 3.8) is 0 Å². The van der Waals surface area contributed by atoms with Crippen LogP contribution >= 0.6 is 0 Å². The molecule has 0 radical (unpaired) electrons. The summed E-state index contributed by atoms with van der Waals surface area (Å²) in [5.41, 5.74) is 0.401. The summed E-state index contributed by atoms with van der Waals surface area (Å²) in [7, 11) is 0. The van der Waals surface area contributed by atoms with Gasteiger partial charge in [0.05, 0.1) is 0 Å². The molecule has 0 spiro atoms. The molecular weight excluding hydrogens is 260 g/mol. The van der Waals surface area contributed by atoms with Crippen molar-refractivity contribution < 1.29 is 4.79 Å². The smallest absolute Gasteiger partial charge is 0.225 e. The average Bonchev–Trinajstić information content (AvgIpc) is 2.47. The molecule has 0 bridgehead atoms. The van der Waals surface area contributed by atoms with Crippen molar-refractivity contribution in [2.24, 2.45) is 17.3 Å². The Morgan fingerprint density at radius 3 is 2.10 bits per heavy atom. The van der Waals surface area contributed by atoms with E-state index in [1.165, 1.54) is 12.8 Å². The molecule has 0 aromatic rings. The van der Waals surface area contributed by atoms with Crippen LogP contribution in [-0.4, -0.2) is 36.5 Å². The van der Waals surface area contributed by atoms with Gasteiger partial charge in [0.15, 0.2) is 0 Å². The zero-order valence-corrected chi connectivity index (χ0v) is 14.5. The number of carbonyl (C=O) groups excluding carboxylic acids is 1. The van der Waals surface area contributed by atoms with Crippen molar-refractivity contribution in [3.8, 4) is 0 Å². The molecule has 0 atom stereocenters. The van der Waals surface area contributed by atoms with Crippen LogP contribution in [0.15, 0.2) is 0 Å². The highest BCUT2D eigenvalue weighted by molar-refractivity contribution is 5.79. The fourth-order valence-corrected chi connectivity index (χ4v) is 4.06. The summed E-state index contributed by atoms with van der Waals surface area (Å²) in [5, 5.41) is 3.51. The fourth-order valence-electron chi connectivity index (χ4n) is 4.06. The number of hydrogen-bond donors (Lipinski definition) is 1. The van der Waals surface area contributed by atoms with Crippen LogP contribution < -0.4 is 5.32 Å². The lowest BCUT2D eigenvalue weighted by Crippen LogP contribution is -2.47. The Morgan fingerprint density at radius 2 is 1.62 bits per heavy atom. The Bertz CT molecular complexity index is 332. The molecule has 2 rings (SSSR count). The van der Waals surface area contributed by atoms with E-state index in [1.807, 2.05) is 0 Å². The van der Waals surface area contributed by atoms with E-state index in [1.54, 1.807) is 0 Å². The van der Waals surface area contributed by atoms with E-state index in [9.17, 15) is 4.79 Å². The summed E-state index contributed by atoms with van der Waals surface area (Å²) < 4.78 is 0. The van der Waals surface area contributed by atoms with E-state index >= 15 is 0 Å². The lowest BCUT2D eigenvalue weighted by molar-refractivity contribution is -0.138. The van der Waals surface area contributed by atoms with Crippen molar-refractivity contribution in [2.75, 3.05) is 19.6 Å². The second-order valence-corrected chi connectivity index (χ2v) is 8.07. The third-order valence-corrected chi connectivity index (χ3v) is 5.60. The standard InChI is InChI=1S/C18H34N2O/c1-5-19-16-10-12-20(13-11-16)17(21)14-6-8-15(9-7-14)18(2,3)4/h14-16,19H,5-13H2,1-4H3. The van der Waals surface area contributed by atoms with Crippen LogP contribution in [-0.2, 0) is 4.79 Å². The predicted molar refractivity (Wildman–Crippen MR) is 88.2 cm³/mol. The van der Waals surface area contributed by atoms with E-state index < -0.39 is 0 Å². The first-order valence-corrected chi connectivity index (χ1v) is 8.94. The zero-order valence-electron chi connectivity index (χ0n) is 14.5. The van der Waals surface area contributed by atoms with Gasteiger partial charge >= 0.3 is 0 Å². The van der Waals surface area contributed by atoms with Gasteiger partial charge in [0, 0.05) is 25.0 Å². The molecule has 1 saturated heterocycles. The Hall–Kier alpha value is -0.570. The second kappa shape index (κ2) is 7.13. The molecule has 21 heavy (non-hydrogen) atoms. The summed E-state index contributed by atoms with van der Waals surface area (Å²) in [6, 6.07) is 0.621. The van der Waals surface area contributed by atoms with Gasteiger partial charge in [-0.25, -0.2) is 0 Å². The van der Waals surface area contributed by atoms with Crippen LogP contribution in [0.2, 0.25) is 0 Å². The average molecular weight is 294 g/mol. The zero-order chi connectivity index (χ0) is 15.5. The Kier molecular flexibility index (Phi) is 5.70. The number of nitrogens with one attached hydrogen (secondary N) is 1. The molecule has 122 valence electrons. The number of rotatable bonds is 3. The van der Waals surface area contributed by atoms with Crippen LogP contribution in [0.4, 0.5) is 0 Å². The molecule has 2 fully saturated rings. The molecular formula is C18H34N2O. The summed E-state index contributed by atoms with van der Waals surface area (Å²) in [5.74, 6) is 1.54. The van der Waals surface area contributed by atoms with Gasteiger partial charge in [0.25, 0.3) is 0 Å². The van der Waals surface area contributed by atoms with Gasteiger partial charge in [0.1, 0.15) is 0 Å². The molecule has 1 aliphatic carbocycles. The third-order valence-electron chi connectivity index (χ3n) is 5.60. The van der Waals surface area contributed by atoms with Gasteiger partial charge < -0.3 is 10.2 Å². The highest BCUT2D eigenvalue weighted by atomic mass is 16.2. The maximum atomic E-state index is 12.7. The highest BCUT2D eigenvalue weighted by Gasteiger charge is 2.34. The van der Waals surface area contributed by atoms with Gasteiger partial charge in [-0.2, -0.15) is 0 Å². The SMILES string of the molecule is CCNC1CCN(C(=O)C2CCC(C(C)(C)C)CC2)CC1. The number of piperidine rings is 1. The number of amides is 1. The predicted octanol–water partition coefficient (Wildman–Crippen LogP) is 3.44. The number of likely N-dealkylation sites (tertiary alicyclic amines) is 1. The fraction of sp³-hybridized carbons (Fsp3) is 0.944. The Morgan fingerprint density at radius 1 is 1.05 bits per heavy atom. The Labute approximate surface area is 130 Å². The molecule has 1 heterocycles. The topological polar surface area (TPSA) is 32.3 Å². The minimum atomic E-state index is 0.305. The van der Waals surface area contributed by atoms with E-state index in [-0.39, 0.29) is 0 Å². The quantitative estimate of drug-likeness (QED) is 0.865. The van der Waals surface area contributed by atoms with Crippen LogP contribution in [0.25, 0.3) is 0 Å². The number of hydrogen-bond acceptors (Lipinski definition) is 2. The second-order valence-electron chi connectivity index (χ2n) is 8.07. The van der Waals surface area contributed by atoms with E-state index in [4.69, 9.17) is 0 Å². The Balaban J connectivity index is 1.78. The van der Waals surface area contributed by atoms with E-state index in [2.05, 4.69) is 37.9 Å². The molecule has 1 N–H and O–H groups in total. The molecule has 1 amide bonds. The van der Waals surface area contributed by atoms with Crippen molar-refractivity contribution in [1.29, 1.82) is 0 Å². The van der Waals surface area contributed by atoms with Gasteiger partial charge in [-0.15, -0.1) is 0 Å². The van der Waals surface area contributed by atoms with Crippen molar-refractivity contribution in [2.45, 2.75) is 72.3 Å². The maximum absolute atomic E-state index is 12.7. The molecule has 3 nitrogen and oxygen atoms in total. The third kappa shape index (κ3) is 4.45. The molecule has 0 aromatic heterocycles. The minimum absolute atomic E-state index is 0.305. The monoisotopic (exact) mass is 294 g/mol. The summed E-state index contributed by atoms with van der Waals surface area (Å²) >= 11 is 0. The van der Waals surface area contributed by atoms with Gasteiger partial charge in [-0.3, -0.25) is 4.79 Å². The summed E-state index contributed by atoms with van der Waals surface area (Å²) in [4.78, 5) is 14.8. The molecule has 1 saturated carbocycles. The van der Waals surface area contributed by atoms with Gasteiger partial charge in [-0.1, -0.05) is 27.7 Å². The largest absolute Gasteiger partial charge is 0.342 e. The first kappa shape index (κ1) is 16.8. The van der Waals surface area contributed by atoms with Crippen LogP contribution in [0, 0.1) is 17.3 Å². The first-order valence-electron chi connectivity index (χ1n) is 8.94. The molecule has 2 aliphatic rings. The van der Waals surface area contributed by atoms with Gasteiger partial charge in [0.2, 0.25) is 5.91 Å². The lowest BCUT2D eigenvalue weighted by Gasteiger charge is -2.39. The molecule has 0 unspecified atom stereocenters. The first-order chi connectivity index (χ1) is 9.91. The lowest BCUT2D eigenvalue weighted by atomic mass is 9.69. The van der Waals surface area contributed by atoms with Crippen LogP contribution in [0.5, 0.6) is 0 Å². The van der Waals surface area contributed by atoms with E-state index in [0.29, 0.717) is 23.3 Å². The number of nitrogens with zero attached hydrogens (tertiary/aromatic N) is 1. The summed E-state index contributed by atoms with van der Waals surface area (Å²) in [6.07, 6.45) is 6.91. The summed E-state index contributed by atoms with van der Waals surface area (Å²) in [6.45, 7) is 12.1.